The van der Waals surface area contributed by atoms with Gasteiger partial charge < -0.3 is 5.32 Å². The van der Waals surface area contributed by atoms with E-state index < -0.39 is 31.8 Å². The standard InChI is InChI=1S/C16H22N2O5S2/c1-3-7-18(12-6-8-24(20,21)10-12)25(22,23)13-4-5-15-14(9-13)11(2)16(19)17-15/h4-5,9,11-12H,3,6-8,10H2,1-2H3,(H,17,19)/t11-,12+/m0/s1. The van der Waals surface area contributed by atoms with E-state index in [0.717, 1.165) is 0 Å². The third-order valence-corrected chi connectivity index (χ3v) is 8.51. The molecule has 2 aliphatic heterocycles. The van der Waals surface area contributed by atoms with Crippen LogP contribution in [0.15, 0.2) is 23.1 Å². The zero-order valence-electron chi connectivity index (χ0n) is 14.2. The summed E-state index contributed by atoms with van der Waals surface area (Å²) < 4.78 is 51.1. The largest absolute Gasteiger partial charge is 0.325 e. The van der Waals surface area contributed by atoms with Gasteiger partial charge >= 0.3 is 0 Å². The molecular formula is C16H22N2O5S2. The Kier molecular flexibility index (Phi) is 4.67. The lowest BCUT2D eigenvalue weighted by Crippen LogP contribution is -2.41. The summed E-state index contributed by atoms with van der Waals surface area (Å²) in [6.45, 7) is 3.86. The number of sulfone groups is 1. The third kappa shape index (κ3) is 3.32. The molecule has 0 aromatic heterocycles. The highest BCUT2D eigenvalue weighted by atomic mass is 32.2. The van der Waals surface area contributed by atoms with E-state index in [1.807, 2.05) is 6.92 Å². The summed E-state index contributed by atoms with van der Waals surface area (Å²) in [6, 6.07) is 4.07. The van der Waals surface area contributed by atoms with E-state index in [2.05, 4.69) is 5.32 Å². The van der Waals surface area contributed by atoms with Crippen molar-refractivity contribution in [3.63, 3.8) is 0 Å². The number of sulfonamides is 1. The Balaban J connectivity index is 1.98. The van der Waals surface area contributed by atoms with Crippen molar-refractivity contribution < 1.29 is 21.6 Å². The fourth-order valence-electron chi connectivity index (χ4n) is 3.41. The molecule has 0 saturated carbocycles. The Morgan fingerprint density at radius 1 is 1.32 bits per heavy atom. The number of rotatable bonds is 5. The van der Waals surface area contributed by atoms with Gasteiger partial charge in [-0.05, 0) is 43.5 Å². The predicted molar refractivity (Wildman–Crippen MR) is 94.7 cm³/mol. The lowest BCUT2D eigenvalue weighted by molar-refractivity contribution is -0.116. The van der Waals surface area contributed by atoms with E-state index in [4.69, 9.17) is 0 Å². The zero-order chi connectivity index (χ0) is 18.4. The van der Waals surface area contributed by atoms with Crippen molar-refractivity contribution in [1.82, 2.24) is 4.31 Å². The fraction of sp³-hybridized carbons (Fsp3) is 0.562. The van der Waals surface area contributed by atoms with Crippen molar-refractivity contribution in [3.05, 3.63) is 23.8 Å². The van der Waals surface area contributed by atoms with Crippen LogP contribution in [0.5, 0.6) is 0 Å². The maximum Gasteiger partial charge on any atom is 0.243 e. The number of nitrogens with zero attached hydrogens (tertiary/aromatic N) is 1. The molecule has 25 heavy (non-hydrogen) atoms. The van der Waals surface area contributed by atoms with Crippen LogP contribution < -0.4 is 5.32 Å². The van der Waals surface area contributed by atoms with Crippen LogP contribution in [0.3, 0.4) is 0 Å². The van der Waals surface area contributed by atoms with Crippen molar-refractivity contribution >= 4 is 31.5 Å². The van der Waals surface area contributed by atoms with E-state index in [1.54, 1.807) is 13.0 Å². The molecule has 3 rings (SSSR count). The highest BCUT2D eigenvalue weighted by Gasteiger charge is 2.39. The van der Waals surface area contributed by atoms with Gasteiger partial charge in [0.25, 0.3) is 0 Å². The van der Waals surface area contributed by atoms with Gasteiger partial charge in [0, 0.05) is 18.3 Å². The highest BCUT2D eigenvalue weighted by Crippen LogP contribution is 2.35. The summed E-state index contributed by atoms with van der Waals surface area (Å²) in [4.78, 5) is 11.9. The van der Waals surface area contributed by atoms with Gasteiger partial charge in [0.15, 0.2) is 9.84 Å². The van der Waals surface area contributed by atoms with E-state index in [1.165, 1.54) is 16.4 Å². The number of benzene rings is 1. The van der Waals surface area contributed by atoms with E-state index >= 15 is 0 Å². The summed E-state index contributed by atoms with van der Waals surface area (Å²) >= 11 is 0. The van der Waals surface area contributed by atoms with Crippen LogP contribution in [0.2, 0.25) is 0 Å². The number of nitrogens with one attached hydrogen (secondary N) is 1. The van der Waals surface area contributed by atoms with E-state index in [-0.39, 0.29) is 28.9 Å². The minimum atomic E-state index is -3.83. The molecule has 1 aromatic rings. The summed E-state index contributed by atoms with van der Waals surface area (Å²) in [6.07, 6.45) is 0.917. The fourth-order valence-corrected chi connectivity index (χ4v) is 7.02. The second-order valence-electron chi connectivity index (χ2n) is 6.63. The summed E-state index contributed by atoms with van der Waals surface area (Å²) in [7, 11) is -7.02. The number of carbonyl (C=O) groups excluding carboxylic acids is 1. The highest BCUT2D eigenvalue weighted by molar-refractivity contribution is 7.92. The van der Waals surface area contributed by atoms with Crippen molar-refractivity contribution in [2.45, 2.75) is 43.5 Å². The van der Waals surface area contributed by atoms with Gasteiger partial charge in [0.05, 0.1) is 22.3 Å². The molecule has 9 heteroatoms. The number of anilines is 1. The van der Waals surface area contributed by atoms with Crippen LogP contribution >= 0.6 is 0 Å². The first-order chi connectivity index (χ1) is 11.7. The number of fused-ring (bicyclic) bond motifs is 1. The molecule has 0 bridgehead atoms. The molecule has 1 fully saturated rings. The Labute approximate surface area is 148 Å². The Hall–Kier alpha value is -1.45. The minimum Gasteiger partial charge on any atom is -0.325 e. The molecule has 7 nitrogen and oxygen atoms in total. The topological polar surface area (TPSA) is 101 Å². The molecule has 0 unspecified atom stereocenters. The predicted octanol–water partition coefficient (Wildman–Crippen LogP) is 1.33. The number of amides is 1. The second-order valence-corrected chi connectivity index (χ2v) is 10.8. The molecule has 2 atom stereocenters. The molecular weight excluding hydrogens is 364 g/mol. The van der Waals surface area contributed by atoms with Gasteiger partial charge in [-0.15, -0.1) is 0 Å². The maximum atomic E-state index is 13.1. The van der Waals surface area contributed by atoms with Crippen molar-refractivity contribution in [2.24, 2.45) is 0 Å². The molecule has 2 aliphatic rings. The van der Waals surface area contributed by atoms with Gasteiger partial charge in [-0.1, -0.05) is 6.92 Å². The minimum absolute atomic E-state index is 0.0209. The van der Waals surface area contributed by atoms with Gasteiger partial charge in [0.2, 0.25) is 15.9 Å². The average Bonchev–Trinajstić information content (AvgIpc) is 3.04. The zero-order valence-corrected chi connectivity index (χ0v) is 15.9. The molecule has 0 aliphatic carbocycles. The van der Waals surface area contributed by atoms with Crippen molar-refractivity contribution in [2.75, 3.05) is 23.4 Å². The van der Waals surface area contributed by atoms with Crippen LogP contribution in [-0.4, -0.2) is 51.1 Å². The van der Waals surface area contributed by atoms with E-state index in [0.29, 0.717) is 24.1 Å². The number of carbonyl (C=O) groups is 1. The maximum absolute atomic E-state index is 13.1. The van der Waals surface area contributed by atoms with Crippen LogP contribution in [0.1, 0.15) is 38.2 Å². The van der Waals surface area contributed by atoms with Gasteiger partial charge in [-0.2, -0.15) is 4.31 Å². The first-order valence-corrected chi connectivity index (χ1v) is 11.6. The first kappa shape index (κ1) is 18.3. The molecule has 1 aromatic carbocycles. The molecule has 1 amide bonds. The molecule has 1 saturated heterocycles. The van der Waals surface area contributed by atoms with Crippen LogP contribution in [0.25, 0.3) is 0 Å². The summed E-state index contributed by atoms with van der Waals surface area (Å²) in [5.41, 5.74) is 1.28. The quantitative estimate of drug-likeness (QED) is 0.823. The number of hydrogen-bond donors (Lipinski definition) is 1. The van der Waals surface area contributed by atoms with Gasteiger partial charge in [-0.3, -0.25) is 4.79 Å². The summed E-state index contributed by atoms with van der Waals surface area (Å²) in [5, 5.41) is 2.72. The van der Waals surface area contributed by atoms with Gasteiger partial charge in [0.1, 0.15) is 0 Å². The molecule has 1 N–H and O–H groups in total. The third-order valence-electron chi connectivity index (χ3n) is 4.81. The summed E-state index contributed by atoms with van der Waals surface area (Å²) in [5.74, 6) is -0.672. The SMILES string of the molecule is CCCN([C@@H]1CCS(=O)(=O)C1)S(=O)(=O)c1ccc2c(c1)[C@H](C)C(=O)N2. The molecule has 0 radical (unpaired) electrons. The average molecular weight is 386 g/mol. The Morgan fingerprint density at radius 2 is 2.04 bits per heavy atom. The van der Waals surface area contributed by atoms with E-state index in [9.17, 15) is 21.6 Å². The van der Waals surface area contributed by atoms with Crippen molar-refractivity contribution in [3.8, 4) is 0 Å². The smallest absolute Gasteiger partial charge is 0.243 e. The Morgan fingerprint density at radius 3 is 2.64 bits per heavy atom. The van der Waals surface area contributed by atoms with Crippen LogP contribution in [0, 0.1) is 0 Å². The molecule has 138 valence electrons. The lowest BCUT2D eigenvalue weighted by atomic mass is 10.0. The lowest BCUT2D eigenvalue weighted by Gasteiger charge is -2.27. The Bertz CT molecular complexity index is 908. The van der Waals surface area contributed by atoms with Crippen molar-refractivity contribution in [1.29, 1.82) is 0 Å². The van der Waals surface area contributed by atoms with Crippen LogP contribution in [0.4, 0.5) is 5.69 Å². The number of hydrogen-bond acceptors (Lipinski definition) is 5. The second kappa shape index (κ2) is 6.37. The molecule has 0 spiro atoms. The normalized spacial score (nSPS) is 25.2. The van der Waals surface area contributed by atoms with Gasteiger partial charge in [-0.25, -0.2) is 16.8 Å². The molecule has 2 heterocycles. The first-order valence-electron chi connectivity index (χ1n) is 8.33. The monoisotopic (exact) mass is 386 g/mol. The van der Waals surface area contributed by atoms with Crippen LogP contribution in [-0.2, 0) is 24.7 Å².